The third kappa shape index (κ3) is 5.51. The minimum atomic E-state index is 0.221. The lowest BCUT2D eigenvalue weighted by atomic mass is 10.1. The number of nitrogens with zero attached hydrogens (tertiary/aromatic N) is 4. The Labute approximate surface area is 166 Å². The van der Waals surface area contributed by atoms with Gasteiger partial charge in [0.1, 0.15) is 5.82 Å². The number of benzene rings is 1. The topological polar surface area (TPSA) is 49.3 Å². The van der Waals surface area contributed by atoms with Gasteiger partial charge in [0.2, 0.25) is 11.0 Å². The van der Waals surface area contributed by atoms with Gasteiger partial charge in [-0.05, 0) is 18.9 Å². The van der Waals surface area contributed by atoms with E-state index in [9.17, 15) is 4.79 Å². The number of carbonyl (C=O) groups excluding carboxylic acids is 1. The first-order chi connectivity index (χ1) is 13.2. The van der Waals surface area contributed by atoms with Crippen LogP contribution >= 0.6 is 11.5 Å². The quantitative estimate of drug-likeness (QED) is 0.640. The van der Waals surface area contributed by atoms with Gasteiger partial charge in [0.05, 0.1) is 0 Å². The average molecular weight is 387 g/mol. The lowest BCUT2D eigenvalue weighted by Crippen LogP contribution is -2.54. The predicted molar refractivity (Wildman–Crippen MR) is 111 cm³/mol. The standard InChI is InChI=1S/C21H30N4OS/c1-3-4-5-9-12-20(26)25-14-13-24(16-17(25)2)21-22-19(23-27-21)15-18-10-7-6-8-11-18/h6-8,10-11,17H,3-5,9,12-16H2,1-2H3. The number of hydrogen-bond acceptors (Lipinski definition) is 5. The SMILES string of the molecule is CCCCCCC(=O)N1CCN(c2nc(Cc3ccccc3)ns2)CC1C. The van der Waals surface area contributed by atoms with Gasteiger partial charge >= 0.3 is 0 Å². The van der Waals surface area contributed by atoms with Crippen LogP contribution in [0.5, 0.6) is 0 Å². The monoisotopic (exact) mass is 386 g/mol. The molecule has 3 rings (SSSR count). The van der Waals surface area contributed by atoms with Crippen molar-refractivity contribution in [3.63, 3.8) is 0 Å². The molecule has 0 saturated carbocycles. The molecule has 1 saturated heterocycles. The lowest BCUT2D eigenvalue weighted by Gasteiger charge is -2.39. The maximum atomic E-state index is 12.5. The molecule has 6 heteroatoms. The number of rotatable bonds is 8. The third-order valence-corrected chi connectivity index (χ3v) is 5.94. The molecule has 0 bridgehead atoms. The summed E-state index contributed by atoms with van der Waals surface area (Å²) < 4.78 is 4.53. The van der Waals surface area contributed by atoms with Crippen molar-refractivity contribution in [2.75, 3.05) is 24.5 Å². The number of carbonyl (C=O) groups is 1. The van der Waals surface area contributed by atoms with E-state index in [2.05, 4.69) is 35.3 Å². The maximum absolute atomic E-state index is 12.5. The summed E-state index contributed by atoms with van der Waals surface area (Å²) in [5, 5.41) is 0.975. The van der Waals surface area contributed by atoms with Crippen LogP contribution in [-0.4, -0.2) is 45.8 Å². The highest BCUT2D eigenvalue weighted by Gasteiger charge is 2.28. The van der Waals surface area contributed by atoms with Gasteiger partial charge < -0.3 is 9.80 Å². The fourth-order valence-electron chi connectivity index (χ4n) is 3.57. The van der Waals surface area contributed by atoms with E-state index in [0.717, 1.165) is 49.9 Å². The zero-order valence-corrected chi connectivity index (χ0v) is 17.2. The molecule has 1 aliphatic heterocycles. The Morgan fingerprint density at radius 2 is 2.00 bits per heavy atom. The van der Waals surface area contributed by atoms with Crippen LogP contribution in [0.25, 0.3) is 0 Å². The number of hydrogen-bond donors (Lipinski definition) is 0. The Hall–Kier alpha value is -1.95. The van der Waals surface area contributed by atoms with E-state index < -0.39 is 0 Å². The molecular weight excluding hydrogens is 356 g/mol. The maximum Gasteiger partial charge on any atom is 0.222 e. The summed E-state index contributed by atoms with van der Waals surface area (Å²) in [5.41, 5.74) is 1.23. The van der Waals surface area contributed by atoms with E-state index in [1.54, 1.807) is 0 Å². The van der Waals surface area contributed by atoms with Crippen molar-refractivity contribution in [1.82, 2.24) is 14.3 Å². The normalized spacial score (nSPS) is 17.3. The summed E-state index contributed by atoms with van der Waals surface area (Å²) in [7, 11) is 0. The average Bonchev–Trinajstić information content (AvgIpc) is 3.14. The van der Waals surface area contributed by atoms with Crippen molar-refractivity contribution in [1.29, 1.82) is 0 Å². The van der Waals surface area contributed by atoms with Crippen LogP contribution in [0.2, 0.25) is 0 Å². The van der Waals surface area contributed by atoms with Gasteiger partial charge in [-0.15, -0.1) is 0 Å². The summed E-state index contributed by atoms with van der Waals surface area (Å²) in [6.07, 6.45) is 6.05. The molecule has 146 valence electrons. The van der Waals surface area contributed by atoms with Crippen molar-refractivity contribution < 1.29 is 4.79 Å². The zero-order valence-electron chi connectivity index (χ0n) is 16.4. The van der Waals surface area contributed by atoms with Gasteiger partial charge in [0.15, 0.2) is 0 Å². The number of piperazine rings is 1. The molecule has 2 aromatic rings. The van der Waals surface area contributed by atoms with Crippen molar-refractivity contribution >= 4 is 22.6 Å². The van der Waals surface area contributed by atoms with Crippen LogP contribution < -0.4 is 4.90 Å². The van der Waals surface area contributed by atoms with Crippen LogP contribution in [-0.2, 0) is 11.2 Å². The second kappa shape index (κ2) is 9.83. The first-order valence-electron chi connectivity index (χ1n) is 10.1. The van der Waals surface area contributed by atoms with Crippen LogP contribution in [0.4, 0.5) is 5.13 Å². The van der Waals surface area contributed by atoms with Gasteiger partial charge in [-0.25, -0.2) is 4.98 Å². The van der Waals surface area contributed by atoms with Gasteiger partial charge in [0.25, 0.3) is 0 Å². The van der Waals surface area contributed by atoms with E-state index in [-0.39, 0.29) is 6.04 Å². The molecule has 1 fully saturated rings. The second-order valence-electron chi connectivity index (χ2n) is 7.35. The Kier molecular flexibility index (Phi) is 7.21. The fourth-order valence-corrected chi connectivity index (χ4v) is 4.29. The summed E-state index contributed by atoms with van der Waals surface area (Å²) in [5.74, 6) is 1.18. The Bertz CT molecular complexity index is 718. The minimum Gasteiger partial charge on any atom is -0.343 e. The number of unbranched alkanes of at least 4 members (excludes halogenated alkanes) is 3. The summed E-state index contributed by atoms with van der Waals surface area (Å²) in [6.45, 7) is 6.79. The van der Waals surface area contributed by atoms with E-state index >= 15 is 0 Å². The number of anilines is 1. The highest BCUT2D eigenvalue weighted by Crippen LogP contribution is 2.23. The molecule has 1 amide bonds. The predicted octanol–water partition coefficient (Wildman–Crippen LogP) is 4.14. The van der Waals surface area contributed by atoms with E-state index in [0.29, 0.717) is 12.3 Å². The Morgan fingerprint density at radius 1 is 1.19 bits per heavy atom. The molecular formula is C21H30N4OS. The molecule has 0 N–H and O–H groups in total. The van der Waals surface area contributed by atoms with Crippen molar-refractivity contribution in [3.8, 4) is 0 Å². The van der Waals surface area contributed by atoms with Gasteiger partial charge in [0, 0.05) is 50.1 Å². The molecule has 0 radical (unpaired) electrons. The van der Waals surface area contributed by atoms with Crippen molar-refractivity contribution in [2.24, 2.45) is 0 Å². The lowest BCUT2D eigenvalue weighted by molar-refractivity contribution is -0.133. The fraction of sp³-hybridized carbons (Fsp3) is 0.571. The smallest absolute Gasteiger partial charge is 0.222 e. The molecule has 1 aromatic carbocycles. The van der Waals surface area contributed by atoms with Gasteiger partial charge in [-0.2, -0.15) is 4.37 Å². The molecule has 0 spiro atoms. The van der Waals surface area contributed by atoms with Crippen LogP contribution in [0, 0.1) is 0 Å². The Morgan fingerprint density at radius 3 is 2.74 bits per heavy atom. The molecule has 5 nitrogen and oxygen atoms in total. The van der Waals surface area contributed by atoms with Gasteiger partial charge in [-0.3, -0.25) is 4.79 Å². The van der Waals surface area contributed by atoms with Crippen molar-refractivity contribution in [3.05, 3.63) is 41.7 Å². The molecule has 0 aliphatic carbocycles. The molecule has 27 heavy (non-hydrogen) atoms. The van der Waals surface area contributed by atoms with E-state index in [4.69, 9.17) is 4.98 Å². The third-order valence-electron chi connectivity index (χ3n) is 5.12. The first-order valence-corrected chi connectivity index (χ1v) is 10.9. The van der Waals surface area contributed by atoms with E-state index in [1.165, 1.54) is 29.9 Å². The second-order valence-corrected chi connectivity index (χ2v) is 8.08. The largest absolute Gasteiger partial charge is 0.343 e. The van der Waals surface area contributed by atoms with Crippen LogP contribution in [0.15, 0.2) is 30.3 Å². The van der Waals surface area contributed by atoms with Crippen molar-refractivity contribution in [2.45, 2.75) is 58.4 Å². The molecule has 2 heterocycles. The highest BCUT2D eigenvalue weighted by atomic mass is 32.1. The number of aromatic nitrogens is 2. The van der Waals surface area contributed by atoms with Crippen LogP contribution in [0.3, 0.4) is 0 Å². The zero-order chi connectivity index (χ0) is 19.1. The summed E-state index contributed by atoms with van der Waals surface area (Å²) in [6, 6.07) is 10.5. The van der Waals surface area contributed by atoms with Crippen LogP contribution in [0.1, 0.15) is 57.3 Å². The van der Waals surface area contributed by atoms with E-state index in [1.807, 2.05) is 23.1 Å². The summed E-state index contributed by atoms with van der Waals surface area (Å²) >= 11 is 1.47. The molecule has 1 aromatic heterocycles. The highest BCUT2D eigenvalue weighted by molar-refractivity contribution is 7.09. The first kappa shape index (κ1) is 19.8. The Balaban J connectivity index is 1.51. The molecule has 1 atom stereocenters. The number of amides is 1. The summed E-state index contributed by atoms with van der Waals surface area (Å²) in [4.78, 5) is 21.6. The molecule has 1 aliphatic rings. The minimum absolute atomic E-state index is 0.221. The van der Waals surface area contributed by atoms with Gasteiger partial charge in [-0.1, -0.05) is 56.5 Å². The molecule has 1 unspecified atom stereocenters.